The molecule has 109 heavy (non-hydrogen) atoms. The minimum Gasteiger partial charge on any atom is -0.490 e. The minimum absolute atomic E-state index is 0.362. The number of carbonyl (C=O) groups is 1. The van der Waals surface area contributed by atoms with Crippen molar-refractivity contribution in [3.63, 3.8) is 0 Å². The Balaban J connectivity index is 2.16. The van der Waals surface area contributed by atoms with Crippen molar-refractivity contribution >= 4 is 23.2 Å². The van der Waals surface area contributed by atoms with Crippen molar-refractivity contribution in [3.05, 3.63) is 58.7 Å². The Hall–Kier alpha value is -4.80. The van der Waals surface area contributed by atoms with Gasteiger partial charge in [0.05, 0.1) is 51.0 Å². The molecule has 1 radical (unpaired) electrons. The van der Waals surface area contributed by atoms with E-state index in [0.717, 1.165) is 121 Å². The molecule has 11 nitrogen and oxygen atoms in total. The number of nitrogens with zero attached hydrogens (tertiary/aromatic N) is 4. The number of carbonyl (C=O) groups excluding carboxylic acids is 1. The molecular weight excluding hydrogens is 1350 g/mol. The van der Waals surface area contributed by atoms with Crippen LogP contribution in [-0.2, 0) is 19.3 Å². The van der Waals surface area contributed by atoms with Gasteiger partial charge in [-0.2, -0.15) is 10.0 Å². The number of hydrazone groups is 1. The summed E-state index contributed by atoms with van der Waals surface area (Å²) < 4.78 is 42.0. The van der Waals surface area contributed by atoms with Crippen LogP contribution in [0.2, 0.25) is 0 Å². The predicted octanol–water partition coefficient (Wildman–Crippen LogP) is 30.6. The number of ether oxygens (including phenoxy) is 6. The van der Waals surface area contributed by atoms with Gasteiger partial charge in [-0.15, -0.1) is 10.5 Å². The van der Waals surface area contributed by atoms with E-state index in [1.807, 2.05) is 12.1 Å². The Kier molecular flexibility index (Phi) is 54.6. The first-order chi connectivity index (χ1) is 53.1. The second kappa shape index (κ2) is 61.7. The zero-order valence-corrected chi connectivity index (χ0v) is 73.9. The maximum atomic E-state index is 16.7. The van der Waals surface area contributed by atoms with E-state index in [4.69, 9.17) is 38.9 Å². The number of aryl methyl sites for hydroxylation is 2. The Bertz CT molecular complexity index is 2650. The fourth-order valence-electron chi connectivity index (χ4n) is 15.2. The van der Waals surface area contributed by atoms with Crippen LogP contribution in [0, 0.1) is 35.5 Å². The Morgan fingerprint density at radius 3 is 0.881 bits per heavy atom. The molecule has 0 bridgehead atoms. The van der Waals surface area contributed by atoms with Gasteiger partial charge >= 0.3 is 6.03 Å². The third-order valence-electron chi connectivity index (χ3n) is 22.6. The molecular formula is C98H171N4O7. The first kappa shape index (κ1) is 96.6. The van der Waals surface area contributed by atoms with E-state index < -0.39 is 0 Å². The molecule has 4 rings (SSSR count). The smallest absolute Gasteiger partial charge is 0.370 e. The second-order valence-corrected chi connectivity index (χ2v) is 34.8. The van der Waals surface area contributed by atoms with Crippen LogP contribution in [-0.4, -0.2) is 51.5 Å². The number of urea groups is 1. The number of hydrogen-bond acceptors (Lipinski definition) is 8. The number of amidine groups is 1. The third-order valence-corrected chi connectivity index (χ3v) is 22.6. The zero-order chi connectivity index (χ0) is 78.9. The lowest BCUT2D eigenvalue weighted by molar-refractivity contribution is 0.234. The van der Waals surface area contributed by atoms with Crippen molar-refractivity contribution in [1.82, 2.24) is 5.43 Å². The van der Waals surface area contributed by atoms with E-state index in [0.29, 0.717) is 127 Å². The van der Waals surface area contributed by atoms with Crippen molar-refractivity contribution in [2.45, 2.75) is 431 Å². The summed E-state index contributed by atoms with van der Waals surface area (Å²) in [6, 6.07) is 12.5. The van der Waals surface area contributed by atoms with Gasteiger partial charge in [0.1, 0.15) is 0 Å². The van der Waals surface area contributed by atoms with Crippen LogP contribution >= 0.6 is 0 Å². The van der Waals surface area contributed by atoms with Crippen LogP contribution in [0.4, 0.5) is 16.2 Å². The molecule has 625 valence electrons. The molecule has 2 amide bonds. The number of unbranched alkanes of at least 4 members (excludes halogenated alkanes) is 30. The molecule has 0 aliphatic carbocycles. The molecule has 0 spiro atoms. The third kappa shape index (κ3) is 42.2. The number of anilines is 2. The van der Waals surface area contributed by atoms with Crippen molar-refractivity contribution in [2.24, 2.45) is 40.6 Å². The highest BCUT2D eigenvalue weighted by atomic mass is 16.5. The zero-order valence-electron chi connectivity index (χ0n) is 73.9. The highest BCUT2D eigenvalue weighted by Crippen LogP contribution is 2.45. The van der Waals surface area contributed by atoms with Crippen LogP contribution in [0.15, 0.2) is 41.5 Å². The lowest BCUT2D eigenvalue weighted by Crippen LogP contribution is -2.52. The van der Waals surface area contributed by atoms with Gasteiger partial charge in [-0.3, -0.25) is 0 Å². The minimum atomic E-state index is -0.362. The number of rotatable bonds is 72. The average Bonchev–Trinajstić information content (AvgIpc) is 0.760. The summed E-state index contributed by atoms with van der Waals surface area (Å²) in [5, 5.41) is 8.87. The first-order valence-corrected chi connectivity index (χ1v) is 46.8. The lowest BCUT2D eigenvalue weighted by Gasteiger charge is -2.33. The maximum Gasteiger partial charge on any atom is 0.370 e. The van der Waals surface area contributed by atoms with Crippen LogP contribution in [0.1, 0.15) is 434 Å². The van der Waals surface area contributed by atoms with Crippen LogP contribution in [0.25, 0.3) is 0 Å². The van der Waals surface area contributed by atoms with E-state index in [9.17, 15) is 0 Å². The normalized spacial score (nSPS) is 13.4. The molecule has 1 heterocycles. The van der Waals surface area contributed by atoms with Gasteiger partial charge in [0.15, 0.2) is 23.0 Å². The van der Waals surface area contributed by atoms with Crippen molar-refractivity contribution in [2.75, 3.05) is 49.7 Å². The van der Waals surface area contributed by atoms with Gasteiger partial charge in [-0.1, -0.05) is 354 Å². The molecule has 1 aliphatic heterocycles. The van der Waals surface area contributed by atoms with Gasteiger partial charge in [0, 0.05) is 17.7 Å². The molecule has 3 aromatic rings. The van der Waals surface area contributed by atoms with Crippen LogP contribution < -0.4 is 43.9 Å². The molecule has 0 fully saturated rings. The highest BCUT2D eigenvalue weighted by molar-refractivity contribution is 6.13. The molecule has 0 N–H and O–H groups in total. The summed E-state index contributed by atoms with van der Waals surface area (Å²) in [5.41, 5.74) is 11.7. The summed E-state index contributed by atoms with van der Waals surface area (Å²) >= 11 is 0. The lowest BCUT2D eigenvalue weighted by atomic mass is 9.85. The number of hydrogen-bond donors (Lipinski definition) is 0. The van der Waals surface area contributed by atoms with Gasteiger partial charge in [0.2, 0.25) is 17.3 Å². The van der Waals surface area contributed by atoms with Gasteiger partial charge in [-0.05, 0) is 154 Å². The summed E-state index contributed by atoms with van der Waals surface area (Å²) in [4.78, 5) is 16.7. The van der Waals surface area contributed by atoms with Gasteiger partial charge in [-0.25, -0.2) is 4.79 Å². The van der Waals surface area contributed by atoms with Crippen molar-refractivity contribution < 1.29 is 33.2 Å². The monoisotopic (exact) mass is 1520 g/mol. The van der Waals surface area contributed by atoms with Crippen LogP contribution in [0.5, 0.6) is 34.5 Å². The molecule has 0 aromatic heterocycles. The summed E-state index contributed by atoms with van der Waals surface area (Å²) in [6.45, 7) is 38.4. The standard InChI is InChI=1S/C98H171N4O7/c1-16-22-28-34-40-46-67-104-91-75-87(76-92(105-68-47-41-35-29-23-17-2)95(91)108-71-50-44-38-32-26-20-5)97-99-101(88-73-85(64-61-82(13)58-52-55-79(7)8)90(66-63-84(15)60-54-57-81(11)12)86(74-88)65-62-83(14)59-53-56-80(9)10)98(103)102(100-97)89-77-93(106-69-48-42-36-30-24-18-3)96(109-72-51-45-39-33-27-21-6)94(78-89)107-70-49-43-37-31-25-19-4/h73-84H,16-72H2,1-15H3/t82-,83-,84-/m0/s1. The Labute approximate surface area is 672 Å². The van der Waals surface area contributed by atoms with Crippen molar-refractivity contribution in [3.8, 4) is 34.5 Å². The van der Waals surface area contributed by atoms with E-state index >= 15 is 4.79 Å². The van der Waals surface area contributed by atoms with E-state index in [-0.39, 0.29) is 6.03 Å². The fraction of sp³-hybridized carbons (Fsp3) is 0.796. The SMILES string of the molecule is CCCCCCCCOc1cc(C2=NN(c3cc(CC[C@@H](C)CCCC(C)C)c(CC[C@@H](C)CCCC(C)C)c(CC[C@@H](C)CCCC(C)C)c3)C(=O)N(c3cc(OCCCCCCCC)c(OCCCCCCCC)c(OCCCCCCCC)c3)[N]2)cc(OCCCCCCCC)c1OCCCCCCCC. The van der Waals surface area contributed by atoms with Gasteiger partial charge in [0.25, 0.3) is 0 Å². The van der Waals surface area contributed by atoms with Crippen molar-refractivity contribution in [1.29, 1.82) is 0 Å². The number of amides is 2. The van der Waals surface area contributed by atoms with Gasteiger partial charge < -0.3 is 28.4 Å². The summed E-state index contributed by atoms with van der Waals surface area (Å²) in [7, 11) is 0. The van der Waals surface area contributed by atoms with E-state index in [1.165, 1.54) is 229 Å². The fourth-order valence-corrected chi connectivity index (χ4v) is 15.2. The van der Waals surface area contributed by atoms with E-state index in [1.54, 1.807) is 10.0 Å². The molecule has 0 saturated carbocycles. The molecule has 0 unspecified atom stereocenters. The van der Waals surface area contributed by atoms with E-state index in [2.05, 4.69) is 128 Å². The Morgan fingerprint density at radius 1 is 0.294 bits per heavy atom. The second-order valence-electron chi connectivity index (χ2n) is 34.8. The average molecular weight is 1520 g/mol. The quantitative estimate of drug-likeness (QED) is 0.0518. The maximum absolute atomic E-state index is 16.7. The Morgan fingerprint density at radius 2 is 0.569 bits per heavy atom. The molecule has 1 aliphatic rings. The number of benzene rings is 3. The first-order valence-electron chi connectivity index (χ1n) is 46.8. The van der Waals surface area contributed by atoms with Crippen LogP contribution in [0.3, 0.4) is 0 Å². The molecule has 0 saturated heterocycles. The molecule has 11 heteroatoms. The predicted molar refractivity (Wildman–Crippen MR) is 470 cm³/mol. The largest absolute Gasteiger partial charge is 0.490 e. The molecule has 3 atom stereocenters. The summed E-state index contributed by atoms with van der Waals surface area (Å²) in [5.74, 6) is 7.85. The highest BCUT2D eigenvalue weighted by Gasteiger charge is 2.36. The topological polar surface area (TPSA) is 105 Å². The molecule has 3 aromatic carbocycles. The summed E-state index contributed by atoms with van der Waals surface area (Å²) in [6.07, 6.45) is 58.7.